The van der Waals surface area contributed by atoms with Crippen LogP contribution in [-0.2, 0) is 4.74 Å². The molecule has 1 aromatic rings. The Kier molecular flexibility index (Phi) is 4.00. The Balaban J connectivity index is 2.87. The number of aromatic nitrogens is 2. The van der Waals surface area contributed by atoms with Gasteiger partial charge in [0.05, 0.1) is 18.3 Å². The first kappa shape index (κ1) is 12.6. The average molecular weight is 228 g/mol. The van der Waals surface area contributed by atoms with Crippen LogP contribution in [0.2, 0.25) is 0 Å². The lowest BCUT2D eigenvalue weighted by Gasteiger charge is -2.26. The third kappa shape index (κ3) is 3.30. The van der Waals surface area contributed by atoms with Crippen molar-refractivity contribution in [1.29, 1.82) is 0 Å². The number of nitrogens with one attached hydrogen (secondary N) is 2. The van der Waals surface area contributed by atoms with Crippen LogP contribution in [0, 0.1) is 5.82 Å². The monoisotopic (exact) mass is 228 g/mol. The van der Waals surface area contributed by atoms with Crippen molar-refractivity contribution in [3.63, 3.8) is 0 Å². The predicted molar refractivity (Wildman–Crippen MR) is 61.1 cm³/mol. The first-order valence-electron chi connectivity index (χ1n) is 4.96. The van der Waals surface area contributed by atoms with Crippen molar-refractivity contribution >= 4 is 11.8 Å². The van der Waals surface area contributed by atoms with Crippen molar-refractivity contribution in [2.45, 2.75) is 19.4 Å². The van der Waals surface area contributed by atoms with E-state index in [1.807, 2.05) is 13.8 Å². The summed E-state index contributed by atoms with van der Waals surface area (Å²) in [7, 11) is 3.27. The van der Waals surface area contributed by atoms with E-state index in [1.165, 1.54) is 0 Å². The van der Waals surface area contributed by atoms with E-state index in [0.717, 1.165) is 6.20 Å². The number of halogens is 1. The van der Waals surface area contributed by atoms with Crippen LogP contribution in [0.5, 0.6) is 0 Å². The summed E-state index contributed by atoms with van der Waals surface area (Å²) in [5, 5.41) is 5.72. The maximum absolute atomic E-state index is 13.4. The normalized spacial score (nSPS) is 11.3. The Hall–Kier alpha value is -1.43. The molecule has 0 spiro atoms. The van der Waals surface area contributed by atoms with Crippen LogP contribution in [-0.4, -0.2) is 36.3 Å². The number of rotatable bonds is 5. The summed E-state index contributed by atoms with van der Waals surface area (Å²) in [5.41, 5.74) is -0.394. The van der Waals surface area contributed by atoms with E-state index >= 15 is 0 Å². The largest absolute Gasteiger partial charge is 0.382 e. The van der Waals surface area contributed by atoms with E-state index in [-0.39, 0.29) is 5.82 Å². The first-order valence-corrected chi connectivity index (χ1v) is 4.96. The van der Waals surface area contributed by atoms with Gasteiger partial charge in [-0.3, -0.25) is 0 Å². The van der Waals surface area contributed by atoms with E-state index in [1.54, 1.807) is 14.2 Å². The second-order valence-corrected chi connectivity index (χ2v) is 4.08. The van der Waals surface area contributed by atoms with Crippen LogP contribution in [0.3, 0.4) is 0 Å². The lowest BCUT2D eigenvalue weighted by atomic mass is 10.1. The van der Waals surface area contributed by atoms with Crippen LogP contribution in [0.25, 0.3) is 0 Å². The lowest BCUT2D eigenvalue weighted by molar-refractivity contribution is 0.158. The summed E-state index contributed by atoms with van der Waals surface area (Å²) < 4.78 is 18.5. The maximum atomic E-state index is 13.4. The van der Waals surface area contributed by atoms with Gasteiger partial charge in [-0.05, 0) is 13.8 Å². The number of nitrogens with zero attached hydrogens (tertiary/aromatic N) is 2. The molecule has 0 atom stereocenters. The Morgan fingerprint density at radius 3 is 2.75 bits per heavy atom. The number of hydrogen-bond donors (Lipinski definition) is 2. The van der Waals surface area contributed by atoms with Crippen LogP contribution < -0.4 is 10.6 Å². The third-order valence-electron chi connectivity index (χ3n) is 1.93. The van der Waals surface area contributed by atoms with Crippen molar-refractivity contribution in [1.82, 2.24) is 9.97 Å². The summed E-state index contributed by atoms with van der Waals surface area (Å²) in [6, 6.07) is 0. The molecule has 0 unspecified atom stereocenters. The molecule has 2 N–H and O–H groups in total. The fourth-order valence-electron chi connectivity index (χ4n) is 1.29. The molecule has 0 aliphatic rings. The predicted octanol–water partition coefficient (Wildman–Crippen LogP) is 1.49. The highest BCUT2D eigenvalue weighted by atomic mass is 19.1. The van der Waals surface area contributed by atoms with Gasteiger partial charge >= 0.3 is 0 Å². The van der Waals surface area contributed by atoms with Crippen molar-refractivity contribution in [2.24, 2.45) is 0 Å². The molecule has 0 aliphatic carbocycles. The van der Waals surface area contributed by atoms with Gasteiger partial charge in [0.15, 0.2) is 11.6 Å². The van der Waals surface area contributed by atoms with E-state index in [9.17, 15) is 4.39 Å². The lowest BCUT2D eigenvalue weighted by Crippen LogP contribution is -2.36. The van der Waals surface area contributed by atoms with Gasteiger partial charge < -0.3 is 15.4 Å². The fraction of sp³-hybridized carbons (Fsp3) is 0.600. The Bertz CT molecular complexity index is 357. The molecule has 0 amide bonds. The standard InChI is InChI=1S/C10H17FN4O/c1-10(2,6-16-4)15-8-7(11)5-13-9(12-3)14-8/h5H,6H2,1-4H3,(H2,12,13,14,15). The highest BCUT2D eigenvalue weighted by Gasteiger charge is 2.20. The Morgan fingerprint density at radius 2 is 2.19 bits per heavy atom. The third-order valence-corrected chi connectivity index (χ3v) is 1.93. The molecule has 1 heterocycles. The Labute approximate surface area is 94.4 Å². The fourth-order valence-corrected chi connectivity index (χ4v) is 1.29. The number of ether oxygens (including phenoxy) is 1. The van der Waals surface area contributed by atoms with E-state index in [2.05, 4.69) is 20.6 Å². The number of anilines is 2. The van der Waals surface area contributed by atoms with Crippen LogP contribution in [0.1, 0.15) is 13.8 Å². The summed E-state index contributed by atoms with van der Waals surface area (Å²) in [5.74, 6) is 0.0571. The summed E-state index contributed by atoms with van der Waals surface area (Å²) in [4.78, 5) is 7.76. The van der Waals surface area contributed by atoms with Crippen molar-refractivity contribution in [2.75, 3.05) is 31.4 Å². The smallest absolute Gasteiger partial charge is 0.224 e. The zero-order valence-electron chi connectivity index (χ0n) is 9.97. The van der Waals surface area contributed by atoms with Crippen LogP contribution in [0.4, 0.5) is 16.2 Å². The van der Waals surface area contributed by atoms with Gasteiger partial charge in [-0.15, -0.1) is 0 Å². The van der Waals surface area contributed by atoms with E-state index in [0.29, 0.717) is 12.6 Å². The molecular formula is C10H17FN4O. The maximum Gasteiger partial charge on any atom is 0.224 e. The minimum Gasteiger partial charge on any atom is -0.382 e. The van der Waals surface area contributed by atoms with Crippen molar-refractivity contribution in [3.05, 3.63) is 12.0 Å². The van der Waals surface area contributed by atoms with Crippen molar-refractivity contribution in [3.8, 4) is 0 Å². The van der Waals surface area contributed by atoms with Crippen LogP contribution >= 0.6 is 0 Å². The average Bonchev–Trinajstić information content (AvgIpc) is 2.21. The van der Waals surface area contributed by atoms with E-state index < -0.39 is 11.4 Å². The summed E-state index contributed by atoms with van der Waals surface area (Å²) in [6.45, 7) is 4.25. The highest BCUT2D eigenvalue weighted by molar-refractivity contribution is 5.42. The summed E-state index contributed by atoms with van der Waals surface area (Å²) in [6.07, 6.45) is 1.13. The molecule has 90 valence electrons. The molecule has 5 nitrogen and oxygen atoms in total. The zero-order chi connectivity index (χ0) is 12.2. The van der Waals surface area contributed by atoms with Gasteiger partial charge in [0.25, 0.3) is 0 Å². The van der Waals surface area contributed by atoms with Crippen molar-refractivity contribution < 1.29 is 9.13 Å². The minimum absolute atomic E-state index is 0.168. The van der Waals surface area contributed by atoms with Crippen LogP contribution in [0.15, 0.2) is 6.20 Å². The highest BCUT2D eigenvalue weighted by Crippen LogP contribution is 2.17. The number of hydrogen-bond acceptors (Lipinski definition) is 5. The molecule has 0 fully saturated rings. The molecule has 0 bridgehead atoms. The SMILES string of the molecule is CNc1ncc(F)c(NC(C)(C)COC)n1. The first-order chi connectivity index (χ1) is 7.48. The Morgan fingerprint density at radius 1 is 1.50 bits per heavy atom. The molecular weight excluding hydrogens is 211 g/mol. The van der Waals surface area contributed by atoms with Gasteiger partial charge in [-0.25, -0.2) is 9.37 Å². The molecule has 6 heteroatoms. The van der Waals surface area contributed by atoms with Gasteiger partial charge in [-0.1, -0.05) is 0 Å². The van der Waals surface area contributed by atoms with Gasteiger partial charge in [0.2, 0.25) is 5.95 Å². The molecule has 0 aliphatic heterocycles. The topological polar surface area (TPSA) is 59.1 Å². The minimum atomic E-state index is -0.483. The van der Waals surface area contributed by atoms with E-state index in [4.69, 9.17) is 4.74 Å². The quantitative estimate of drug-likeness (QED) is 0.799. The zero-order valence-corrected chi connectivity index (χ0v) is 9.97. The molecule has 0 saturated heterocycles. The summed E-state index contributed by atoms with van der Waals surface area (Å²) >= 11 is 0. The van der Waals surface area contributed by atoms with Gasteiger partial charge in [0.1, 0.15) is 0 Å². The van der Waals surface area contributed by atoms with Gasteiger partial charge in [-0.2, -0.15) is 4.98 Å². The van der Waals surface area contributed by atoms with Gasteiger partial charge in [0, 0.05) is 14.2 Å². The molecule has 0 radical (unpaired) electrons. The molecule has 0 saturated carbocycles. The molecule has 16 heavy (non-hydrogen) atoms. The second kappa shape index (κ2) is 5.07. The molecule has 1 rings (SSSR count). The second-order valence-electron chi connectivity index (χ2n) is 4.08. The molecule has 0 aromatic carbocycles. The number of methoxy groups -OCH3 is 1. The molecule has 1 aromatic heterocycles.